The number of ether oxygens (including phenoxy) is 1. The highest BCUT2D eigenvalue weighted by Crippen LogP contribution is 2.47. The van der Waals surface area contributed by atoms with Crippen LogP contribution in [0.25, 0.3) is 0 Å². The maximum absolute atomic E-state index is 13.5. The Morgan fingerprint density at radius 2 is 1.83 bits per heavy atom. The second kappa shape index (κ2) is 8.05. The summed E-state index contributed by atoms with van der Waals surface area (Å²) < 4.78 is 19.1. The highest BCUT2D eigenvalue weighted by atomic mass is 19.1. The lowest BCUT2D eigenvalue weighted by Crippen LogP contribution is -2.59. The van der Waals surface area contributed by atoms with Gasteiger partial charge < -0.3 is 9.84 Å². The van der Waals surface area contributed by atoms with Crippen molar-refractivity contribution in [2.24, 2.45) is 5.92 Å². The smallest absolute Gasteiger partial charge is 0.123 e. The van der Waals surface area contributed by atoms with Crippen LogP contribution in [0.2, 0.25) is 0 Å². The number of aliphatic hydroxyl groups is 1. The molecule has 1 N–H and O–H groups in total. The summed E-state index contributed by atoms with van der Waals surface area (Å²) in [4.78, 5) is 5.33. The van der Waals surface area contributed by atoms with E-state index in [2.05, 4.69) is 21.9 Å². The minimum absolute atomic E-state index is 0.0248. The van der Waals surface area contributed by atoms with E-state index in [1.165, 1.54) is 37.1 Å². The van der Waals surface area contributed by atoms with Gasteiger partial charge in [-0.05, 0) is 67.2 Å². The second-order valence-corrected chi connectivity index (χ2v) is 8.66. The summed E-state index contributed by atoms with van der Waals surface area (Å²) >= 11 is 0. The summed E-state index contributed by atoms with van der Waals surface area (Å²) in [5.41, 5.74) is 2.51. The average molecular weight is 397 g/mol. The van der Waals surface area contributed by atoms with Gasteiger partial charge in [-0.3, -0.25) is 9.80 Å². The number of piperidine rings is 3. The van der Waals surface area contributed by atoms with Crippen LogP contribution < -0.4 is 4.74 Å². The van der Waals surface area contributed by atoms with Gasteiger partial charge in [-0.25, -0.2) is 4.39 Å². The van der Waals surface area contributed by atoms with Crippen LogP contribution in [0.15, 0.2) is 48.5 Å². The largest absolute Gasteiger partial charge is 0.491 e. The maximum atomic E-state index is 13.5. The Morgan fingerprint density at radius 1 is 1.03 bits per heavy atom. The lowest BCUT2D eigenvalue weighted by atomic mass is 9.75. The molecule has 29 heavy (non-hydrogen) atoms. The molecule has 0 aromatic heterocycles. The van der Waals surface area contributed by atoms with E-state index in [-0.39, 0.29) is 12.4 Å². The van der Waals surface area contributed by atoms with Crippen molar-refractivity contribution >= 4 is 0 Å². The van der Waals surface area contributed by atoms with E-state index in [9.17, 15) is 4.39 Å². The van der Waals surface area contributed by atoms with Crippen LogP contribution in [-0.2, 0) is 6.54 Å². The molecule has 0 radical (unpaired) electrons. The number of hydrogen-bond acceptors (Lipinski definition) is 4. The Kier molecular flexibility index (Phi) is 5.29. The maximum Gasteiger partial charge on any atom is 0.123 e. The van der Waals surface area contributed by atoms with Crippen molar-refractivity contribution in [2.45, 2.75) is 37.4 Å². The van der Waals surface area contributed by atoms with Crippen LogP contribution >= 0.6 is 0 Å². The average Bonchev–Trinajstić information content (AvgIpc) is 3.15. The van der Waals surface area contributed by atoms with E-state index in [0.717, 1.165) is 24.8 Å². The van der Waals surface area contributed by atoms with Gasteiger partial charge in [0.15, 0.2) is 0 Å². The zero-order valence-corrected chi connectivity index (χ0v) is 16.7. The fourth-order valence-corrected chi connectivity index (χ4v) is 5.86. The SMILES string of the molecule is OCCOc1cccc(CN2C[C@H](c3ccc(F)cc3)[C@H]3[C@@H]2C2CCN3CC2)c1. The number of hydrogen-bond donors (Lipinski definition) is 1. The number of rotatable bonds is 6. The summed E-state index contributed by atoms with van der Waals surface area (Å²) in [7, 11) is 0. The monoisotopic (exact) mass is 396 g/mol. The number of likely N-dealkylation sites (tertiary alicyclic amines) is 1. The van der Waals surface area contributed by atoms with Gasteiger partial charge in [0.2, 0.25) is 0 Å². The first-order valence-corrected chi connectivity index (χ1v) is 10.8. The first kappa shape index (κ1) is 19.0. The van der Waals surface area contributed by atoms with Crippen LogP contribution in [0.5, 0.6) is 5.75 Å². The molecule has 4 heterocycles. The van der Waals surface area contributed by atoms with E-state index < -0.39 is 0 Å². The third-order valence-corrected chi connectivity index (χ3v) is 7.04. The molecule has 0 amide bonds. The van der Waals surface area contributed by atoms with E-state index >= 15 is 0 Å². The molecule has 0 unspecified atom stereocenters. The Morgan fingerprint density at radius 3 is 2.59 bits per heavy atom. The van der Waals surface area contributed by atoms with E-state index in [1.54, 1.807) is 12.1 Å². The van der Waals surface area contributed by atoms with Crippen LogP contribution in [0.4, 0.5) is 4.39 Å². The van der Waals surface area contributed by atoms with Gasteiger partial charge in [-0.2, -0.15) is 0 Å². The Labute approximate surface area is 171 Å². The highest BCUT2D eigenvalue weighted by Gasteiger charge is 2.53. The van der Waals surface area contributed by atoms with Gasteiger partial charge in [-0.15, -0.1) is 0 Å². The first-order valence-electron chi connectivity index (χ1n) is 10.8. The molecule has 4 fully saturated rings. The molecule has 4 nitrogen and oxygen atoms in total. The Balaban J connectivity index is 1.40. The second-order valence-electron chi connectivity index (χ2n) is 8.66. The van der Waals surface area contributed by atoms with E-state index in [0.29, 0.717) is 24.6 Å². The molecular weight excluding hydrogens is 367 g/mol. The topological polar surface area (TPSA) is 35.9 Å². The minimum atomic E-state index is -0.162. The fraction of sp³-hybridized carbons (Fsp3) is 0.500. The van der Waals surface area contributed by atoms with Crippen LogP contribution in [0, 0.1) is 11.7 Å². The van der Waals surface area contributed by atoms with E-state index in [4.69, 9.17) is 9.84 Å². The standard InChI is InChI=1S/C24H29FN2O2/c25-20-6-4-18(5-7-20)22-16-27(23-19-8-10-26(11-9-19)24(22)23)15-17-2-1-3-21(14-17)29-13-12-28/h1-7,14,19,22-24,28H,8-13,15-16H2/t22-,23+,24+/m1/s1. The van der Waals surface area contributed by atoms with Crippen molar-refractivity contribution in [3.63, 3.8) is 0 Å². The third kappa shape index (κ3) is 3.67. The number of benzene rings is 2. The van der Waals surface area contributed by atoms with Gasteiger partial charge in [0.05, 0.1) is 6.61 Å². The van der Waals surface area contributed by atoms with Crippen molar-refractivity contribution in [1.82, 2.24) is 9.80 Å². The van der Waals surface area contributed by atoms with Gasteiger partial charge in [-0.1, -0.05) is 24.3 Å². The summed E-state index contributed by atoms with van der Waals surface area (Å²) in [5.74, 6) is 1.84. The molecule has 2 aromatic carbocycles. The zero-order chi connectivity index (χ0) is 19.8. The van der Waals surface area contributed by atoms with Crippen molar-refractivity contribution in [3.05, 3.63) is 65.5 Å². The molecule has 6 rings (SSSR count). The summed E-state index contributed by atoms with van der Waals surface area (Å²) in [6.45, 7) is 4.65. The fourth-order valence-electron chi connectivity index (χ4n) is 5.86. The predicted octanol–water partition coefficient (Wildman–Crippen LogP) is 3.26. The summed E-state index contributed by atoms with van der Waals surface area (Å²) in [6, 6.07) is 16.5. The number of nitrogens with zero attached hydrogens (tertiary/aromatic N) is 2. The highest BCUT2D eigenvalue weighted by molar-refractivity contribution is 5.31. The van der Waals surface area contributed by atoms with Gasteiger partial charge in [0, 0.05) is 31.1 Å². The molecular formula is C24H29FN2O2. The van der Waals surface area contributed by atoms with E-state index in [1.807, 2.05) is 24.3 Å². The lowest BCUT2D eigenvalue weighted by Gasteiger charge is -2.51. The van der Waals surface area contributed by atoms with Gasteiger partial charge >= 0.3 is 0 Å². The molecule has 0 spiro atoms. The van der Waals surface area contributed by atoms with Crippen LogP contribution in [0.1, 0.15) is 29.9 Å². The molecule has 3 atom stereocenters. The zero-order valence-electron chi connectivity index (χ0n) is 16.7. The number of fused-ring (bicyclic) bond motifs is 2. The lowest BCUT2D eigenvalue weighted by molar-refractivity contribution is -0.00870. The summed E-state index contributed by atoms with van der Waals surface area (Å²) in [5, 5.41) is 9.01. The molecule has 0 saturated carbocycles. The van der Waals surface area contributed by atoms with Gasteiger partial charge in [0.1, 0.15) is 18.2 Å². The third-order valence-electron chi connectivity index (χ3n) is 7.04. The molecule has 4 aliphatic rings. The van der Waals surface area contributed by atoms with Crippen molar-refractivity contribution in [3.8, 4) is 5.75 Å². The molecule has 0 aliphatic carbocycles. The normalized spacial score (nSPS) is 31.0. The van der Waals surface area contributed by atoms with Crippen molar-refractivity contribution in [1.29, 1.82) is 0 Å². The molecule has 4 aliphatic heterocycles. The molecule has 4 saturated heterocycles. The first-order chi connectivity index (χ1) is 14.2. The minimum Gasteiger partial charge on any atom is -0.491 e. The van der Waals surface area contributed by atoms with Crippen LogP contribution in [-0.4, -0.2) is 59.8 Å². The van der Waals surface area contributed by atoms with Crippen molar-refractivity contribution < 1.29 is 14.2 Å². The number of halogens is 1. The van der Waals surface area contributed by atoms with Crippen LogP contribution in [0.3, 0.4) is 0 Å². The Bertz CT molecular complexity index is 835. The predicted molar refractivity (Wildman–Crippen MR) is 110 cm³/mol. The molecule has 154 valence electrons. The number of aliphatic hydroxyl groups excluding tert-OH is 1. The summed E-state index contributed by atoms with van der Waals surface area (Å²) in [6.07, 6.45) is 2.57. The Hall–Kier alpha value is -1.95. The molecule has 2 aromatic rings. The molecule has 5 heteroatoms. The van der Waals surface area contributed by atoms with Crippen molar-refractivity contribution in [2.75, 3.05) is 32.8 Å². The quantitative estimate of drug-likeness (QED) is 0.813. The van der Waals surface area contributed by atoms with Gasteiger partial charge in [0.25, 0.3) is 0 Å². The molecule has 2 bridgehead atoms.